The molecule has 0 bridgehead atoms. The Morgan fingerprint density at radius 3 is 2.37 bits per heavy atom. The van der Waals surface area contributed by atoms with Gasteiger partial charge in [-0.25, -0.2) is 4.90 Å². The van der Waals surface area contributed by atoms with Crippen molar-refractivity contribution >= 4 is 5.91 Å². The molecule has 0 heterocycles. The second-order valence-electron chi connectivity index (χ2n) is 5.46. The molecule has 0 aromatic heterocycles. The van der Waals surface area contributed by atoms with Gasteiger partial charge in [-0.2, -0.15) is 5.26 Å². The van der Waals surface area contributed by atoms with Gasteiger partial charge in [-0.3, -0.25) is 4.79 Å². The molecule has 0 radical (unpaired) electrons. The highest BCUT2D eigenvalue weighted by Crippen LogP contribution is 2.22. The molecule has 3 nitrogen and oxygen atoms in total. The number of hydrogen-bond acceptors (Lipinski definition) is 2. The van der Waals surface area contributed by atoms with Gasteiger partial charge in [-0.05, 0) is 29.5 Å². The van der Waals surface area contributed by atoms with E-state index in [1.165, 1.54) is 5.56 Å². The summed E-state index contributed by atoms with van der Waals surface area (Å²) in [7, 11) is 0. The van der Waals surface area contributed by atoms with Gasteiger partial charge in [0.1, 0.15) is 0 Å². The normalized spacial score (nSPS) is 10.6. The molecule has 0 aliphatic heterocycles. The summed E-state index contributed by atoms with van der Waals surface area (Å²) in [6, 6.07) is 7.44. The maximum atomic E-state index is 12.1. The summed E-state index contributed by atoms with van der Waals surface area (Å²) in [5.41, 5.74) is 1.76. The van der Waals surface area contributed by atoms with Crippen LogP contribution in [0.1, 0.15) is 43.1 Å². The number of amides is 1. The van der Waals surface area contributed by atoms with E-state index in [0.717, 1.165) is 4.90 Å². The van der Waals surface area contributed by atoms with E-state index in [-0.39, 0.29) is 11.3 Å². The number of benzene rings is 1. The number of rotatable bonds is 4. The van der Waals surface area contributed by atoms with Crippen LogP contribution in [0.15, 0.2) is 36.9 Å². The first-order valence-corrected chi connectivity index (χ1v) is 6.33. The van der Waals surface area contributed by atoms with Gasteiger partial charge in [0.25, 0.3) is 5.91 Å². The maximum Gasteiger partial charge on any atom is 0.266 e. The van der Waals surface area contributed by atoms with Gasteiger partial charge in [-0.1, -0.05) is 39.0 Å². The molecule has 0 unspecified atom stereocenters. The zero-order valence-electron chi connectivity index (χ0n) is 11.8. The highest BCUT2D eigenvalue weighted by Gasteiger charge is 2.17. The molecule has 0 aliphatic carbocycles. The van der Waals surface area contributed by atoms with Gasteiger partial charge in [0, 0.05) is 12.1 Å². The Morgan fingerprint density at radius 2 is 1.95 bits per heavy atom. The summed E-state index contributed by atoms with van der Waals surface area (Å²) >= 11 is 0. The number of nitriles is 1. The maximum absolute atomic E-state index is 12.1. The third-order valence-electron chi connectivity index (χ3n) is 2.92. The van der Waals surface area contributed by atoms with Crippen molar-refractivity contribution in [1.29, 1.82) is 5.26 Å². The van der Waals surface area contributed by atoms with Crippen LogP contribution in [0.3, 0.4) is 0 Å². The Labute approximate surface area is 115 Å². The third kappa shape index (κ3) is 3.96. The van der Waals surface area contributed by atoms with Crippen LogP contribution in [0.4, 0.5) is 0 Å². The average Bonchev–Trinajstić information content (AvgIpc) is 2.38. The molecule has 19 heavy (non-hydrogen) atoms. The molecule has 1 rings (SSSR count). The standard InChI is InChI=1S/C16H20N2O/c1-5-6-11-18(12-17)15(19)13-7-9-14(10-8-13)16(2,3)4/h5,7-10H,1,6,11H2,2-4H3. The van der Waals surface area contributed by atoms with Crippen LogP contribution in [0.25, 0.3) is 0 Å². The van der Waals surface area contributed by atoms with Crippen LogP contribution < -0.4 is 0 Å². The lowest BCUT2D eigenvalue weighted by Gasteiger charge is -2.19. The second-order valence-corrected chi connectivity index (χ2v) is 5.46. The minimum absolute atomic E-state index is 0.0549. The van der Waals surface area contributed by atoms with Crippen LogP contribution in [-0.2, 0) is 5.41 Å². The quantitative estimate of drug-likeness (QED) is 0.470. The molecule has 3 heteroatoms. The van der Waals surface area contributed by atoms with Gasteiger partial charge in [0.2, 0.25) is 0 Å². The Kier molecular flexibility index (Phi) is 4.88. The first kappa shape index (κ1) is 15.0. The van der Waals surface area contributed by atoms with Crippen LogP contribution in [-0.4, -0.2) is 17.4 Å². The van der Waals surface area contributed by atoms with Crippen molar-refractivity contribution in [2.45, 2.75) is 32.6 Å². The molecule has 0 atom stereocenters. The Balaban J connectivity index is 2.88. The zero-order valence-corrected chi connectivity index (χ0v) is 11.8. The zero-order chi connectivity index (χ0) is 14.5. The number of carbonyl (C=O) groups excluding carboxylic acids is 1. The molecular formula is C16H20N2O. The van der Waals surface area contributed by atoms with Crippen molar-refractivity contribution < 1.29 is 4.79 Å². The Hall–Kier alpha value is -2.08. The van der Waals surface area contributed by atoms with E-state index in [1.807, 2.05) is 18.3 Å². The molecule has 0 fully saturated rings. The van der Waals surface area contributed by atoms with E-state index in [1.54, 1.807) is 18.2 Å². The first-order valence-electron chi connectivity index (χ1n) is 6.33. The van der Waals surface area contributed by atoms with Gasteiger partial charge in [0.15, 0.2) is 6.19 Å². The molecule has 0 aliphatic rings. The lowest BCUT2D eigenvalue weighted by Crippen LogP contribution is -2.27. The summed E-state index contributed by atoms with van der Waals surface area (Å²) in [5.74, 6) is -0.259. The molecular weight excluding hydrogens is 236 g/mol. The van der Waals surface area contributed by atoms with Crippen molar-refractivity contribution in [2.75, 3.05) is 6.54 Å². The second kappa shape index (κ2) is 6.19. The van der Waals surface area contributed by atoms with Gasteiger partial charge in [0.05, 0.1) is 0 Å². The first-order chi connectivity index (χ1) is 8.90. The van der Waals surface area contributed by atoms with Crippen LogP contribution >= 0.6 is 0 Å². The topological polar surface area (TPSA) is 44.1 Å². The van der Waals surface area contributed by atoms with Crippen LogP contribution in [0.5, 0.6) is 0 Å². The largest absolute Gasteiger partial charge is 0.268 e. The van der Waals surface area contributed by atoms with E-state index in [9.17, 15) is 4.79 Å². The van der Waals surface area contributed by atoms with E-state index >= 15 is 0 Å². The van der Waals surface area contributed by atoms with Crippen LogP contribution in [0, 0.1) is 11.5 Å². The van der Waals surface area contributed by atoms with Gasteiger partial charge < -0.3 is 0 Å². The summed E-state index contributed by atoms with van der Waals surface area (Å²) in [5, 5.41) is 8.99. The molecule has 100 valence electrons. The van der Waals surface area contributed by atoms with E-state index < -0.39 is 0 Å². The summed E-state index contributed by atoms with van der Waals surface area (Å²) < 4.78 is 0. The molecule has 1 aromatic carbocycles. The molecule has 1 amide bonds. The Morgan fingerprint density at radius 1 is 1.37 bits per heavy atom. The predicted molar refractivity (Wildman–Crippen MR) is 76.6 cm³/mol. The summed E-state index contributed by atoms with van der Waals surface area (Å²) in [6.07, 6.45) is 4.22. The smallest absolute Gasteiger partial charge is 0.266 e. The number of nitrogens with zero attached hydrogens (tertiary/aromatic N) is 2. The molecule has 0 spiro atoms. The average molecular weight is 256 g/mol. The van der Waals surface area contributed by atoms with E-state index in [4.69, 9.17) is 5.26 Å². The summed E-state index contributed by atoms with van der Waals surface area (Å²) in [6.45, 7) is 10.3. The van der Waals surface area contributed by atoms with E-state index in [0.29, 0.717) is 18.5 Å². The van der Waals surface area contributed by atoms with Crippen LogP contribution in [0.2, 0.25) is 0 Å². The molecule has 0 N–H and O–H groups in total. The number of hydrogen-bond donors (Lipinski definition) is 0. The highest BCUT2D eigenvalue weighted by atomic mass is 16.2. The molecule has 0 saturated heterocycles. The lowest BCUT2D eigenvalue weighted by molar-refractivity contribution is 0.0834. The molecule has 0 saturated carbocycles. The fraction of sp³-hybridized carbons (Fsp3) is 0.375. The minimum Gasteiger partial charge on any atom is -0.268 e. The number of carbonyl (C=O) groups is 1. The lowest BCUT2D eigenvalue weighted by atomic mass is 9.86. The third-order valence-corrected chi connectivity index (χ3v) is 2.92. The van der Waals surface area contributed by atoms with Crippen molar-refractivity contribution in [1.82, 2.24) is 4.90 Å². The van der Waals surface area contributed by atoms with Gasteiger partial charge in [-0.15, -0.1) is 6.58 Å². The van der Waals surface area contributed by atoms with Crippen molar-refractivity contribution in [3.63, 3.8) is 0 Å². The SMILES string of the molecule is C=CCCN(C#N)C(=O)c1ccc(C(C)(C)C)cc1. The monoisotopic (exact) mass is 256 g/mol. The van der Waals surface area contributed by atoms with Crippen molar-refractivity contribution in [3.8, 4) is 6.19 Å². The highest BCUT2D eigenvalue weighted by molar-refractivity contribution is 5.95. The fourth-order valence-corrected chi connectivity index (χ4v) is 1.69. The minimum atomic E-state index is -0.259. The van der Waals surface area contributed by atoms with Crippen molar-refractivity contribution in [2.24, 2.45) is 0 Å². The van der Waals surface area contributed by atoms with Crippen molar-refractivity contribution in [3.05, 3.63) is 48.0 Å². The van der Waals surface area contributed by atoms with Gasteiger partial charge >= 0.3 is 0 Å². The fourth-order valence-electron chi connectivity index (χ4n) is 1.69. The molecule has 1 aromatic rings. The predicted octanol–water partition coefficient (Wildman–Crippen LogP) is 3.48. The Bertz CT molecular complexity index is 489. The van der Waals surface area contributed by atoms with E-state index in [2.05, 4.69) is 27.4 Å². The summed E-state index contributed by atoms with van der Waals surface area (Å²) in [4.78, 5) is 13.3.